The molecule has 0 spiro atoms. The second kappa shape index (κ2) is 12.1. The molecule has 0 aromatic carbocycles. The standard InChI is InChI=1S/C18H32N4S.HI/c1-4-10-22-11-8-16(9-12-22)21-18(19-5-2)20-14-15(3)17-7-6-13-23-17;/h6-7,13,15-16H,4-5,8-12,14H2,1-3H3,(H2,19,20,21);1H. The normalized spacial score (nSPS) is 18.0. The SMILES string of the molecule is CCCN1CCC(NC(=NCC(C)c2cccs2)NCC)CC1.I. The van der Waals surface area contributed by atoms with Gasteiger partial charge < -0.3 is 15.5 Å². The highest BCUT2D eigenvalue weighted by Gasteiger charge is 2.19. The van der Waals surface area contributed by atoms with Crippen LogP contribution in [0.1, 0.15) is 50.8 Å². The van der Waals surface area contributed by atoms with E-state index in [1.54, 1.807) is 0 Å². The maximum atomic E-state index is 4.81. The van der Waals surface area contributed by atoms with E-state index >= 15 is 0 Å². The molecule has 1 unspecified atom stereocenters. The lowest BCUT2D eigenvalue weighted by molar-refractivity contribution is 0.206. The second-order valence-corrected chi connectivity index (χ2v) is 7.38. The molecule has 1 atom stereocenters. The van der Waals surface area contributed by atoms with Crippen molar-refractivity contribution in [1.29, 1.82) is 0 Å². The average Bonchev–Trinajstić information content (AvgIpc) is 3.09. The summed E-state index contributed by atoms with van der Waals surface area (Å²) in [6.07, 6.45) is 3.68. The highest BCUT2D eigenvalue weighted by molar-refractivity contribution is 14.0. The third-order valence-electron chi connectivity index (χ3n) is 4.36. The molecule has 6 heteroatoms. The summed E-state index contributed by atoms with van der Waals surface area (Å²) in [4.78, 5) is 8.79. The smallest absolute Gasteiger partial charge is 0.191 e. The van der Waals surface area contributed by atoms with Crippen LogP contribution in [0.5, 0.6) is 0 Å². The Kier molecular flexibility index (Phi) is 10.9. The van der Waals surface area contributed by atoms with Gasteiger partial charge in [0.2, 0.25) is 0 Å². The molecule has 2 N–H and O–H groups in total. The van der Waals surface area contributed by atoms with Crippen LogP contribution in [0.25, 0.3) is 0 Å². The zero-order valence-electron chi connectivity index (χ0n) is 15.3. The predicted molar refractivity (Wildman–Crippen MR) is 117 cm³/mol. The number of nitrogens with zero attached hydrogens (tertiary/aromatic N) is 2. The van der Waals surface area contributed by atoms with E-state index in [1.165, 1.54) is 43.8 Å². The van der Waals surface area contributed by atoms with Crippen molar-refractivity contribution in [3.8, 4) is 0 Å². The first-order valence-electron chi connectivity index (χ1n) is 9.03. The van der Waals surface area contributed by atoms with Crippen LogP contribution in [0.2, 0.25) is 0 Å². The fourth-order valence-electron chi connectivity index (χ4n) is 3.02. The van der Waals surface area contributed by atoms with Crippen molar-refractivity contribution in [1.82, 2.24) is 15.5 Å². The van der Waals surface area contributed by atoms with Crippen LogP contribution >= 0.6 is 35.3 Å². The molecule has 0 radical (unpaired) electrons. The van der Waals surface area contributed by atoms with Crippen molar-refractivity contribution in [2.75, 3.05) is 32.7 Å². The minimum absolute atomic E-state index is 0. The van der Waals surface area contributed by atoms with E-state index in [0.717, 1.165) is 19.0 Å². The number of nitrogens with one attached hydrogen (secondary N) is 2. The Bertz CT molecular complexity index is 456. The van der Waals surface area contributed by atoms with Gasteiger partial charge in [0.1, 0.15) is 0 Å². The number of rotatable bonds is 7. The maximum absolute atomic E-state index is 4.81. The van der Waals surface area contributed by atoms with Crippen molar-refractivity contribution in [2.24, 2.45) is 4.99 Å². The number of thiophene rings is 1. The molecule has 138 valence electrons. The lowest BCUT2D eigenvalue weighted by atomic mass is 10.1. The molecule has 2 heterocycles. The van der Waals surface area contributed by atoms with E-state index in [1.807, 2.05) is 11.3 Å². The molecular formula is C18H33IN4S. The molecule has 0 bridgehead atoms. The average molecular weight is 464 g/mol. The summed E-state index contributed by atoms with van der Waals surface area (Å²) in [5.41, 5.74) is 0. The zero-order chi connectivity index (χ0) is 16.5. The Morgan fingerprint density at radius 2 is 2.12 bits per heavy atom. The number of likely N-dealkylation sites (tertiary alicyclic amines) is 1. The molecule has 24 heavy (non-hydrogen) atoms. The molecule has 1 saturated heterocycles. The van der Waals surface area contributed by atoms with Gasteiger partial charge in [-0.25, -0.2) is 0 Å². The molecular weight excluding hydrogens is 431 g/mol. The number of guanidine groups is 1. The summed E-state index contributed by atoms with van der Waals surface area (Å²) in [6.45, 7) is 12.0. The predicted octanol–water partition coefficient (Wildman–Crippen LogP) is 3.90. The van der Waals surface area contributed by atoms with Crippen molar-refractivity contribution in [3.63, 3.8) is 0 Å². The highest BCUT2D eigenvalue weighted by atomic mass is 127. The molecule has 1 fully saturated rings. The summed E-state index contributed by atoms with van der Waals surface area (Å²) in [5.74, 6) is 1.46. The minimum Gasteiger partial charge on any atom is -0.357 e. The van der Waals surface area contributed by atoms with Gasteiger partial charge in [-0.1, -0.05) is 19.9 Å². The monoisotopic (exact) mass is 464 g/mol. The maximum Gasteiger partial charge on any atom is 0.191 e. The fraction of sp³-hybridized carbons (Fsp3) is 0.722. The van der Waals surface area contributed by atoms with Gasteiger partial charge in [0, 0.05) is 36.5 Å². The summed E-state index contributed by atoms with van der Waals surface area (Å²) >= 11 is 1.82. The van der Waals surface area contributed by atoms with Gasteiger partial charge >= 0.3 is 0 Å². The fourth-order valence-corrected chi connectivity index (χ4v) is 3.80. The van der Waals surface area contributed by atoms with Crippen molar-refractivity contribution in [3.05, 3.63) is 22.4 Å². The molecule has 4 nitrogen and oxygen atoms in total. The lowest BCUT2D eigenvalue weighted by Gasteiger charge is -2.32. The minimum atomic E-state index is 0. The largest absolute Gasteiger partial charge is 0.357 e. The Hall–Kier alpha value is -0.340. The van der Waals surface area contributed by atoms with Crippen LogP contribution in [0.3, 0.4) is 0 Å². The first kappa shape index (κ1) is 21.7. The number of piperidine rings is 1. The molecule has 1 aromatic rings. The summed E-state index contributed by atoms with van der Waals surface area (Å²) in [7, 11) is 0. The van der Waals surface area contributed by atoms with Crippen LogP contribution in [0, 0.1) is 0 Å². The van der Waals surface area contributed by atoms with Crippen molar-refractivity contribution in [2.45, 2.75) is 52.0 Å². The van der Waals surface area contributed by atoms with E-state index in [-0.39, 0.29) is 24.0 Å². The van der Waals surface area contributed by atoms with E-state index in [2.05, 4.69) is 53.8 Å². The van der Waals surface area contributed by atoms with E-state index in [9.17, 15) is 0 Å². The van der Waals surface area contributed by atoms with Crippen LogP contribution in [0.15, 0.2) is 22.5 Å². The Balaban J connectivity index is 0.00000288. The quantitative estimate of drug-likeness (QED) is 0.365. The van der Waals surface area contributed by atoms with Crippen LogP contribution in [-0.2, 0) is 0 Å². The molecule has 0 aliphatic carbocycles. The third kappa shape index (κ3) is 7.27. The third-order valence-corrected chi connectivity index (χ3v) is 5.47. The second-order valence-electron chi connectivity index (χ2n) is 6.40. The Morgan fingerprint density at radius 1 is 1.38 bits per heavy atom. The van der Waals surface area contributed by atoms with Gasteiger partial charge in [0.15, 0.2) is 5.96 Å². The highest BCUT2D eigenvalue weighted by Crippen LogP contribution is 2.20. The van der Waals surface area contributed by atoms with Gasteiger partial charge in [0.05, 0.1) is 6.54 Å². The lowest BCUT2D eigenvalue weighted by Crippen LogP contribution is -2.48. The number of halogens is 1. The van der Waals surface area contributed by atoms with Crippen LogP contribution in [-0.4, -0.2) is 49.6 Å². The first-order chi connectivity index (χ1) is 11.2. The van der Waals surface area contributed by atoms with Crippen molar-refractivity contribution < 1.29 is 0 Å². The summed E-state index contributed by atoms with van der Waals surface area (Å²) in [5, 5.41) is 9.17. The van der Waals surface area contributed by atoms with Gasteiger partial charge in [0.25, 0.3) is 0 Å². The Labute approximate surface area is 168 Å². The number of aliphatic imine (C=N–C) groups is 1. The topological polar surface area (TPSA) is 39.7 Å². The molecule has 1 aliphatic heterocycles. The Morgan fingerprint density at radius 3 is 2.71 bits per heavy atom. The summed E-state index contributed by atoms with van der Waals surface area (Å²) in [6, 6.07) is 4.88. The van der Waals surface area contributed by atoms with Gasteiger partial charge in [-0.2, -0.15) is 0 Å². The number of hydrogen-bond donors (Lipinski definition) is 2. The molecule has 1 aromatic heterocycles. The van der Waals surface area contributed by atoms with E-state index in [0.29, 0.717) is 12.0 Å². The van der Waals surface area contributed by atoms with Gasteiger partial charge in [-0.15, -0.1) is 35.3 Å². The molecule has 0 saturated carbocycles. The van der Waals surface area contributed by atoms with Crippen LogP contribution < -0.4 is 10.6 Å². The van der Waals surface area contributed by atoms with Gasteiger partial charge in [-0.3, -0.25) is 4.99 Å². The molecule has 2 rings (SSSR count). The zero-order valence-corrected chi connectivity index (χ0v) is 18.4. The first-order valence-corrected chi connectivity index (χ1v) is 9.91. The van der Waals surface area contributed by atoms with E-state index < -0.39 is 0 Å². The van der Waals surface area contributed by atoms with Crippen LogP contribution in [0.4, 0.5) is 0 Å². The molecule has 0 amide bonds. The van der Waals surface area contributed by atoms with Gasteiger partial charge in [-0.05, 0) is 44.2 Å². The van der Waals surface area contributed by atoms with E-state index in [4.69, 9.17) is 4.99 Å². The van der Waals surface area contributed by atoms with Crippen molar-refractivity contribution >= 4 is 41.3 Å². The molecule has 1 aliphatic rings. The summed E-state index contributed by atoms with van der Waals surface area (Å²) < 4.78 is 0. The number of hydrogen-bond acceptors (Lipinski definition) is 3.